The smallest absolute Gasteiger partial charge is 0.358 e. The van der Waals surface area contributed by atoms with Crippen LogP contribution < -0.4 is 0 Å². The summed E-state index contributed by atoms with van der Waals surface area (Å²) in [7, 11) is 0. The van der Waals surface area contributed by atoms with Gasteiger partial charge in [-0.25, -0.2) is 9.59 Å². The third-order valence-electron chi connectivity index (χ3n) is 1.13. The maximum Gasteiger partial charge on any atom is 0.358 e. The number of esters is 2. The van der Waals surface area contributed by atoms with Gasteiger partial charge in [-0.15, -0.1) is 0 Å². The van der Waals surface area contributed by atoms with Crippen molar-refractivity contribution >= 4 is 46.7 Å². The second kappa shape index (κ2) is 6.20. The van der Waals surface area contributed by atoms with E-state index in [1.807, 2.05) is 0 Å². The molecule has 0 bridgehead atoms. The van der Waals surface area contributed by atoms with E-state index in [0.717, 1.165) is 0 Å². The monoisotopic (exact) mass is 274 g/mol. The molecule has 0 rings (SSSR count). The molecule has 15 heavy (non-hydrogen) atoms. The Morgan fingerprint density at radius 2 is 1.67 bits per heavy atom. The van der Waals surface area contributed by atoms with Crippen LogP contribution >= 0.6 is 34.8 Å². The third kappa shape index (κ3) is 6.60. The highest BCUT2D eigenvalue weighted by Crippen LogP contribution is 2.27. The quantitative estimate of drug-likeness (QED) is 0.341. The average molecular weight is 276 g/mol. The first-order valence-corrected chi connectivity index (χ1v) is 4.95. The summed E-state index contributed by atoms with van der Waals surface area (Å²) in [6, 6.07) is 0. The van der Waals surface area contributed by atoms with Crippen LogP contribution in [0.25, 0.3) is 0 Å². The lowest BCUT2D eigenvalue weighted by molar-refractivity contribution is -0.149. The van der Waals surface area contributed by atoms with Crippen LogP contribution in [-0.2, 0) is 19.1 Å². The summed E-state index contributed by atoms with van der Waals surface area (Å²) < 4.78 is 7.00. The van der Waals surface area contributed by atoms with E-state index in [4.69, 9.17) is 34.8 Å². The molecule has 0 unspecified atom stereocenters. The highest BCUT2D eigenvalue weighted by Gasteiger charge is 2.32. The van der Waals surface area contributed by atoms with Crippen molar-refractivity contribution in [3.05, 3.63) is 12.2 Å². The van der Waals surface area contributed by atoms with E-state index in [-0.39, 0.29) is 18.8 Å². The lowest BCUT2D eigenvalue weighted by atomic mass is 10.4. The van der Waals surface area contributed by atoms with Crippen molar-refractivity contribution < 1.29 is 19.1 Å². The van der Waals surface area contributed by atoms with Crippen molar-refractivity contribution in [3.8, 4) is 0 Å². The fourth-order valence-corrected chi connectivity index (χ4v) is 0.637. The van der Waals surface area contributed by atoms with Gasteiger partial charge in [-0.2, -0.15) is 0 Å². The standard InChI is InChI=1S/C8H9Cl3O4/c1-5(2)6(12)14-3-4-15-7(13)8(9,10)11/h1,3-4H2,2H3. The van der Waals surface area contributed by atoms with Gasteiger partial charge in [0.2, 0.25) is 0 Å². The second-order valence-electron chi connectivity index (χ2n) is 2.55. The van der Waals surface area contributed by atoms with Crippen LogP contribution in [0.2, 0.25) is 0 Å². The number of carbonyl (C=O) groups is 2. The molecule has 4 nitrogen and oxygen atoms in total. The number of rotatable bonds is 4. The molecular weight excluding hydrogens is 266 g/mol. The Balaban J connectivity index is 3.69. The van der Waals surface area contributed by atoms with Gasteiger partial charge in [-0.3, -0.25) is 0 Å². The van der Waals surface area contributed by atoms with Gasteiger partial charge in [-0.05, 0) is 6.92 Å². The van der Waals surface area contributed by atoms with Crippen molar-refractivity contribution in [2.24, 2.45) is 0 Å². The molecule has 0 atom stereocenters. The van der Waals surface area contributed by atoms with Crippen LogP contribution in [0.1, 0.15) is 6.92 Å². The molecule has 0 aliphatic carbocycles. The number of halogens is 3. The molecule has 0 aliphatic rings. The van der Waals surface area contributed by atoms with Crippen molar-refractivity contribution in [2.75, 3.05) is 13.2 Å². The molecule has 0 aromatic rings. The van der Waals surface area contributed by atoms with Gasteiger partial charge in [0.25, 0.3) is 3.79 Å². The van der Waals surface area contributed by atoms with Crippen LogP contribution in [0, 0.1) is 0 Å². The predicted octanol–water partition coefficient (Wildman–Crippen LogP) is 2.02. The minimum absolute atomic E-state index is 0.113. The van der Waals surface area contributed by atoms with Crippen molar-refractivity contribution in [3.63, 3.8) is 0 Å². The number of hydrogen-bond donors (Lipinski definition) is 0. The number of alkyl halides is 3. The Morgan fingerprint density at radius 1 is 1.20 bits per heavy atom. The first-order chi connectivity index (χ1) is 6.75. The van der Waals surface area contributed by atoms with Gasteiger partial charge in [-0.1, -0.05) is 41.4 Å². The molecule has 0 amide bonds. The number of hydrogen-bond acceptors (Lipinski definition) is 4. The summed E-state index contributed by atoms with van der Waals surface area (Å²) in [6.45, 7) is 4.57. The highest BCUT2D eigenvalue weighted by atomic mass is 35.6. The number of carbonyl (C=O) groups excluding carboxylic acids is 2. The fraction of sp³-hybridized carbons (Fsp3) is 0.500. The first kappa shape index (κ1) is 14.6. The summed E-state index contributed by atoms with van der Waals surface area (Å²) in [5.74, 6) is -1.58. The SMILES string of the molecule is C=C(C)C(=O)OCCOC(=O)C(Cl)(Cl)Cl. The lowest BCUT2D eigenvalue weighted by Crippen LogP contribution is -2.24. The second-order valence-corrected chi connectivity index (χ2v) is 4.83. The van der Waals surface area contributed by atoms with Crippen LogP contribution in [0.5, 0.6) is 0 Å². The lowest BCUT2D eigenvalue weighted by Gasteiger charge is -2.10. The predicted molar refractivity (Wildman–Crippen MR) is 57.0 cm³/mol. The maximum atomic E-state index is 10.9. The molecule has 0 aromatic heterocycles. The molecule has 0 N–H and O–H groups in total. The summed E-state index contributed by atoms with van der Waals surface area (Å²) in [5, 5.41) is 0. The molecule has 0 spiro atoms. The number of ether oxygens (including phenoxy) is 2. The molecule has 0 saturated heterocycles. The van der Waals surface area contributed by atoms with Crippen molar-refractivity contribution in [2.45, 2.75) is 10.7 Å². The largest absolute Gasteiger partial charge is 0.459 e. The molecule has 0 aliphatic heterocycles. The van der Waals surface area contributed by atoms with Crippen LogP contribution in [0.3, 0.4) is 0 Å². The first-order valence-electron chi connectivity index (χ1n) is 3.81. The van der Waals surface area contributed by atoms with E-state index in [2.05, 4.69) is 16.1 Å². The average Bonchev–Trinajstić information content (AvgIpc) is 2.09. The zero-order chi connectivity index (χ0) is 12.1. The Kier molecular flexibility index (Phi) is 6.02. The van der Waals surface area contributed by atoms with Crippen LogP contribution in [0.4, 0.5) is 0 Å². The zero-order valence-electron chi connectivity index (χ0n) is 7.89. The Bertz CT molecular complexity index is 270. The molecule has 0 heterocycles. The molecular formula is C8H9Cl3O4. The normalized spacial score (nSPS) is 10.7. The fourth-order valence-electron chi connectivity index (χ4n) is 0.474. The molecule has 0 radical (unpaired) electrons. The summed E-state index contributed by atoms with van der Waals surface area (Å²) in [4.78, 5) is 21.7. The van der Waals surface area contributed by atoms with E-state index in [9.17, 15) is 9.59 Å². The van der Waals surface area contributed by atoms with Gasteiger partial charge < -0.3 is 9.47 Å². The summed E-state index contributed by atoms with van der Waals surface area (Å²) in [6.07, 6.45) is 0. The van der Waals surface area contributed by atoms with Gasteiger partial charge in [0.1, 0.15) is 13.2 Å². The Morgan fingerprint density at radius 3 is 2.07 bits per heavy atom. The summed E-state index contributed by atoms with van der Waals surface area (Å²) in [5.41, 5.74) is 0.253. The minimum Gasteiger partial charge on any atom is -0.459 e. The van der Waals surface area contributed by atoms with E-state index < -0.39 is 15.7 Å². The van der Waals surface area contributed by atoms with E-state index in [1.54, 1.807) is 0 Å². The molecule has 86 valence electrons. The Labute approximate surface area is 102 Å². The highest BCUT2D eigenvalue weighted by molar-refractivity contribution is 6.75. The van der Waals surface area contributed by atoms with Gasteiger partial charge in [0.15, 0.2) is 0 Å². The van der Waals surface area contributed by atoms with Crippen molar-refractivity contribution in [1.29, 1.82) is 0 Å². The maximum absolute atomic E-state index is 10.9. The molecule has 0 saturated carbocycles. The summed E-state index contributed by atoms with van der Waals surface area (Å²) >= 11 is 15.6. The van der Waals surface area contributed by atoms with E-state index >= 15 is 0 Å². The topological polar surface area (TPSA) is 52.6 Å². The van der Waals surface area contributed by atoms with E-state index in [1.165, 1.54) is 6.92 Å². The molecule has 0 aromatic carbocycles. The Hall–Kier alpha value is -0.450. The zero-order valence-corrected chi connectivity index (χ0v) is 10.2. The van der Waals surface area contributed by atoms with Gasteiger partial charge >= 0.3 is 11.9 Å². The minimum atomic E-state index is -2.11. The van der Waals surface area contributed by atoms with Gasteiger partial charge in [0, 0.05) is 5.57 Å². The van der Waals surface area contributed by atoms with Crippen LogP contribution in [-0.4, -0.2) is 28.9 Å². The molecule has 0 fully saturated rings. The van der Waals surface area contributed by atoms with Crippen molar-refractivity contribution in [1.82, 2.24) is 0 Å². The van der Waals surface area contributed by atoms with E-state index in [0.29, 0.717) is 0 Å². The molecule has 7 heteroatoms. The van der Waals surface area contributed by atoms with Crippen LogP contribution in [0.15, 0.2) is 12.2 Å². The third-order valence-corrected chi connectivity index (χ3v) is 1.59. The van der Waals surface area contributed by atoms with Gasteiger partial charge in [0.05, 0.1) is 0 Å².